The first-order valence-electron chi connectivity index (χ1n) is 17.3. The van der Waals surface area contributed by atoms with Crippen molar-refractivity contribution < 1.29 is 34.2 Å². The first-order chi connectivity index (χ1) is 20.2. The molecule has 0 aromatic rings. The van der Waals surface area contributed by atoms with Gasteiger partial charge in [0.2, 0.25) is 0 Å². The van der Waals surface area contributed by atoms with Crippen LogP contribution in [-0.4, -0.2) is 58.8 Å². The Kier molecular flexibility index (Phi) is 24.4. The summed E-state index contributed by atoms with van der Waals surface area (Å²) in [6, 6.07) is 0. The highest BCUT2D eigenvalue weighted by Gasteiger charge is 2.39. The predicted octanol–water partition coefficient (Wildman–Crippen LogP) is 7.62. The van der Waals surface area contributed by atoms with Gasteiger partial charge in [0.25, 0.3) is 0 Å². The normalized spacial score (nSPS) is 15.3. The molecule has 3 unspecified atom stereocenters. The first kappa shape index (κ1) is 40.1. The zero-order valence-electron chi connectivity index (χ0n) is 27.6. The van der Waals surface area contributed by atoms with Gasteiger partial charge in [0.1, 0.15) is 11.8 Å². The van der Waals surface area contributed by atoms with Gasteiger partial charge < -0.3 is 24.6 Å². The molecule has 0 amide bonds. The molecule has 42 heavy (non-hydrogen) atoms. The lowest BCUT2D eigenvalue weighted by Gasteiger charge is -2.44. The van der Waals surface area contributed by atoms with Crippen molar-refractivity contribution in [2.75, 3.05) is 26.2 Å². The summed E-state index contributed by atoms with van der Waals surface area (Å²) in [7, 11) is 0. The fraction of sp³-hybridized carbons (Fsp3) is 0.857. The summed E-state index contributed by atoms with van der Waals surface area (Å²) >= 11 is 0. The molecule has 0 aliphatic heterocycles. The van der Waals surface area contributed by atoms with E-state index in [1.54, 1.807) is 6.92 Å². The number of carboxylic acids is 3. The fourth-order valence-electron chi connectivity index (χ4n) is 6.08. The maximum absolute atomic E-state index is 12.0. The Balaban J connectivity index is 4.70. The van der Waals surface area contributed by atoms with Gasteiger partial charge in [-0.3, -0.25) is 9.59 Å². The minimum atomic E-state index is -1.14. The van der Waals surface area contributed by atoms with E-state index >= 15 is 0 Å². The van der Waals surface area contributed by atoms with E-state index in [9.17, 15) is 29.7 Å². The summed E-state index contributed by atoms with van der Waals surface area (Å²) < 4.78 is 0.218. The van der Waals surface area contributed by atoms with Crippen LogP contribution in [0.1, 0.15) is 150 Å². The summed E-state index contributed by atoms with van der Waals surface area (Å²) in [5.74, 6) is -4.95. The first-order valence-corrected chi connectivity index (χ1v) is 17.3. The van der Waals surface area contributed by atoms with Crippen molar-refractivity contribution in [3.05, 3.63) is 12.2 Å². The number of hydrogen-bond acceptors (Lipinski definition) is 4. The average Bonchev–Trinajstić information content (AvgIpc) is 2.96. The van der Waals surface area contributed by atoms with Crippen LogP contribution in [0.2, 0.25) is 0 Å². The SMILES string of the molecule is CCCCCC/C=C/CCCCCCCCCCCC[N+](CC(CC)C(=O)[O-])(CC(CC)C(=O)O)CC(CC)C(=O)O. The number of carbonyl (C=O) groups is 3. The molecule has 7 heteroatoms. The van der Waals surface area contributed by atoms with Crippen LogP contribution in [0.4, 0.5) is 0 Å². The summed E-state index contributed by atoms with van der Waals surface area (Å²) in [4.78, 5) is 35.8. The maximum atomic E-state index is 12.0. The topological polar surface area (TPSA) is 115 Å². The highest BCUT2D eigenvalue weighted by molar-refractivity contribution is 5.70. The Morgan fingerprint density at radius 2 is 0.929 bits per heavy atom. The van der Waals surface area contributed by atoms with Crippen LogP contribution in [0.25, 0.3) is 0 Å². The monoisotopic (exact) mass is 595 g/mol. The molecule has 0 heterocycles. The molecule has 7 nitrogen and oxygen atoms in total. The molecular formula is C35H65NO6. The van der Waals surface area contributed by atoms with E-state index in [1.807, 2.05) is 13.8 Å². The summed E-state index contributed by atoms with van der Waals surface area (Å²) in [5.41, 5.74) is 0. The van der Waals surface area contributed by atoms with Crippen molar-refractivity contribution in [2.24, 2.45) is 17.8 Å². The molecule has 3 atom stereocenters. The molecule has 0 rings (SSSR count). The quantitative estimate of drug-likeness (QED) is 0.0501. The van der Waals surface area contributed by atoms with E-state index in [0.29, 0.717) is 25.8 Å². The molecule has 0 aliphatic rings. The van der Waals surface area contributed by atoms with Crippen molar-refractivity contribution in [3.8, 4) is 0 Å². The van der Waals surface area contributed by atoms with Gasteiger partial charge in [0, 0.05) is 5.92 Å². The molecule has 0 spiro atoms. The standard InChI is InChI=1S/C35H65NO6/c1-5-9-10-11-12-13-14-15-16-17-18-19-20-21-22-23-24-25-26-36(27-30(6-2)33(37)38,28-31(7-3)34(39)40)29-32(8-4)35(41)42/h13-14,30-32H,5-12,15-29H2,1-4H3,(H2-,37,38,39,40,41,42)/b14-13+. The molecule has 0 aromatic heterocycles. The van der Waals surface area contributed by atoms with Crippen LogP contribution >= 0.6 is 0 Å². The van der Waals surface area contributed by atoms with Crippen LogP contribution in [0.5, 0.6) is 0 Å². The van der Waals surface area contributed by atoms with Gasteiger partial charge in [-0.2, -0.15) is 0 Å². The number of carboxylic acid groups (broad SMARTS) is 3. The third kappa shape index (κ3) is 19.3. The second-order valence-electron chi connectivity index (χ2n) is 12.6. The molecule has 0 saturated heterocycles. The van der Waals surface area contributed by atoms with Gasteiger partial charge >= 0.3 is 11.9 Å². The number of nitrogens with zero attached hydrogens (tertiary/aromatic N) is 1. The van der Waals surface area contributed by atoms with E-state index in [2.05, 4.69) is 19.1 Å². The fourth-order valence-corrected chi connectivity index (χ4v) is 6.08. The van der Waals surface area contributed by atoms with Crippen LogP contribution in [0.3, 0.4) is 0 Å². The lowest BCUT2D eigenvalue weighted by Crippen LogP contribution is -2.59. The van der Waals surface area contributed by atoms with E-state index in [4.69, 9.17) is 0 Å². The Morgan fingerprint density at radius 1 is 0.571 bits per heavy atom. The van der Waals surface area contributed by atoms with Crippen molar-refractivity contribution in [1.29, 1.82) is 0 Å². The Morgan fingerprint density at radius 3 is 1.29 bits per heavy atom. The molecule has 0 saturated carbocycles. The largest absolute Gasteiger partial charge is 0.550 e. The predicted molar refractivity (Wildman–Crippen MR) is 170 cm³/mol. The molecule has 0 bridgehead atoms. The minimum Gasteiger partial charge on any atom is -0.550 e. The molecule has 0 aromatic carbocycles. The van der Waals surface area contributed by atoms with Gasteiger partial charge in [0.05, 0.1) is 32.1 Å². The number of allylic oxidation sites excluding steroid dienone is 2. The number of rotatable bonds is 30. The minimum absolute atomic E-state index is 0.218. The lowest BCUT2D eigenvalue weighted by molar-refractivity contribution is -0.935. The lowest BCUT2D eigenvalue weighted by atomic mass is 9.95. The molecular weight excluding hydrogens is 530 g/mol. The van der Waals surface area contributed by atoms with Crippen molar-refractivity contribution in [3.63, 3.8) is 0 Å². The van der Waals surface area contributed by atoms with Crippen LogP contribution in [0, 0.1) is 17.8 Å². The Hall–Kier alpha value is -1.89. The van der Waals surface area contributed by atoms with Crippen molar-refractivity contribution >= 4 is 17.9 Å². The van der Waals surface area contributed by atoms with Gasteiger partial charge in [-0.1, -0.05) is 104 Å². The van der Waals surface area contributed by atoms with Crippen LogP contribution in [-0.2, 0) is 14.4 Å². The number of quaternary nitrogens is 1. The van der Waals surface area contributed by atoms with Crippen LogP contribution in [0.15, 0.2) is 12.2 Å². The summed E-state index contributed by atoms with van der Waals surface area (Å²) in [6.07, 6.45) is 25.4. The van der Waals surface area contributed by atoms with E-state index in [0.717, 1.165) is 25.7 Å². The highest BCUT2D eigenvalue weighted by atomic mass is 16.4. The average molecular weight is 596 g/mol. The molecule has 2 N–H and O–H groups in total. The number of hydrogen-bond donors (Lipinski definition) is 2. The Labute approximate surface area is 257 Å². The Bertz CT molecular complexity index is 677. The third-order valence-electron chi connectivity index (χ3n) is 8.98. The van der Waals surface area contributed by atoms with Gasteiger partial charge in [0.15, 0.2) is 0 Å². The number of carbonyl (C=O) groups excluding carboxylic acids is 1. The van der Waals surface area contributed by atoms with E-state index in [1.165, 1.54) is 77.0 Å². The molecule has 246 valence electrons. The van der Waals surface area contributed by atoms with Crippen molar-refractivity contribution in [1.82, 2.24) is 0 Å². The second-order valence-corrected chi connectivity index (χ2v) is 12.6. The van der Waals surface area contributed by atoms with E-state index in [-0.39, 0.29) is 24.1 Å². The maximum Gasteiger partial charge on any atom is 0.312 e. The van der Waals surface area contributed by atoms with E-state index < -0.39 is 35.7 Å². The van der Waals surface area contributed by atoms with Gasteiger partial charge in [-0.05, 0) is 57.8 Å². The van der Waals surface area contributed by atoms with Crippen molar-refractivity contribution in [2.45, 2.75) is 150 Å². The molecule has 0 radical (unpaired) electrons. The zero-order chi connectivity index (χ0) is 31.6. The van der Waals surface area contributed by atoms with Crippen LogP contribution < -0.4 is 5.11 Å². The number of aliphatic carboxylic acids is 3. The van der Waals surface area contributed by atoms with Gasteiger partial charge in [-0.15, -0.1) is 0 Å². The summed E-state index contributed by atoms with van der Waals surface area (Å²) in [6.45, 7) is 9.04. The smallest absolute Gasteiger partial charge is 0.312 e. The van der Waals surface area contributed by atoms with Gasteiger partial charge in [-0.25, -0.2) is 0 Å². The number of unbranched alkanes of at least 4 members (excludes halogenated alkanes) is 14. The third-order valence-corrected chi connectivity index (χ3v) is 8.98. The second kappa shape index (κ2) is 25.6. The molecule has 0 fully saturated rings. The summed E-state index contributed by atoms with van der Waals surface area (Å²) in [5, 5.41) is 31.5. The molecule has 0 aliphatic carbocycles. The highest BCUT2D eigenvalue weighted by Crippen LogP contribution is 2.25. The zero-order valence-corrected chi connectivity index (χ0v) is 27.6.